The first kappa shape index (κ1) is 17.9. The van der Waals surface area contributed by atoms with E-state index >= 15 is 0 Å². The van der Waals surface area contributed by atoms with Gasteiger partial charge >= 0.3 is 0 Å². The molecule has 0 radical (unpaired) electrons. The fourth-order valence-electron chi connectivity index (χ4n) is 2.79. The second-order valence-corrected chi connectivity index (χ2v) is 7.72. The average Bonchev–Trinajstić information content (AvgIpc) is 2.96. The Kier molecular flexibility index (Phi) is 5.68. The maximum absolute atomic E-state index is 12.3. The van der Waals surface area contributed by atoms with Crippen molar-refractivity contribution >= 4 is 39.1 Å². The lowest BCUT2D eigenvalue weighted by atomic mass is 10.1. The summed E-state index contributed by atoms with van der Waals surface area (Å²) in [5.41, 5.74) is 1.95. The standard InChI is InChI=1S/C19H20ClN3OS/c1-13(14-7-3-4-8-15(14)20)21-18(24)11-23(2)12-19-22-16-9-5-6-10-17(16)25-19/h3-10,13H,11-12H2,1-2H3,(H,21,24)/p+1/t13-/m1/s1. The van der Waals surface area contributed by atoms with Crippen LogP contribution in [-0.2, 0) is 11.3 Å². The number of nitrogens with zero attached hydrogens (tertiary/aromatic N) is 1. The summed E-state index contributed by atoms with van der Waals surface area (Å²) in [4.78, 5) is 18.0. The number of amides is 1. The molecular formula is C19H21ClN3OS+. The Morgan fingerprint density at radius 3 is 2.72 bits per heavy atom. The first-order chi connectivity index (χ1) is 12.0. The largest absolute Gasteiger partial charge is 0.345 e. The van der Waals surface area contributed by atoms with Gasteiger partial charge in [0.2, 0.25) is 0 Å². The number of quaternary nitrogens is 1. The van der Waals surface area contributed by atoms with Gasteiger partial charge in [0.1, 0.15) is 11.6 Å². The number of nitrogens with one attached hydrogen (secondary N) is 2. The molecule has 1 aromatic heterocycles. The summed E-state index contributed by atoms with van der Waals surface area (Å²) in [7, 11) is 2.01. The first-order valence-corrected chi connectivity index (χ1v) is 9.42. The third-order valence-corrected chi connectivity index (χ3v) is 5.38. The maximum Gasteiger partial charge on any atom is 0.275 e. The number of fused-ring (bicyclic) bond motifs is 1. The maximum atomic E-state index is 12.3. The van der Waals surface area contributed by atoms with Gasteiger partial charge in [-0.2, -0.15) is 0 Å². The molecule has 3 rings (SSSR count). The topological polar surface area (TPSA) is 46.4 Å². The third kappa shape index (κ3) is 4.57. The van der Waals surface area contributed by atoms with Crippen LogP contribution >= 0.6 is 22.9 Å². The summed E-state index contributed by atoms with van der Waals surface area (Å²) in [6.45, 7) is 3.07. The zero-order chi connectivity index (χ0) is 17.8. The van der Waals surface area contributed by atoms with Crippen molar-refractivity contribution in [3.8, 4) is 0 Å². The molecule has 0 aliphatic heterocycles. The lowest BCUT2D eigenvalue weighted by Crippen LogP contribution is -3.08. The summed E-state index contributed by atoms with van der Waals surface area (Å²) in [5, 5.41) is 4.74. The Morgan fingerprint density at radius 2 is 1.96 bits per heavy atom. The third-order valence-electron chi connectivity index (χ3n) is 4.00. The van der Waals surface area contributed by atoms with Crippen LogP contribution in [0.15, 0.2) is 48.5 Å². The van der Waals surface area contributed by atoms with Gasteiger partial charge in [-0.3, -0.25) is 4.79 Å². The Morgan fingerprint density at radius 1 is 1.24 bits per heavy atom. The van der Waals surface area contributed by atoms with Crippen LogP contribution in [0.5, 0.6) is 0 Å². The number of hydrogen-bond acceptors (Lipinski definition) is 3. The van der Waals surface area contributed by atoms with Gasteiger partial charge in [-0.15, -0.1) is 11.3 Å². The molecule has 0 saturated carbocycles. The molecule has 6 heteroatoms. The molecule has 130 valence electrons. The average molecular weight is 375 g/mol. The van der Waals surface area contributed by atoms with Crippen LogP contribution in [0.25, 0.3) is 10.2 Å². The number of rotatable bonds is 6. The molecule has 2 N–H and O–H groups in total. The number of aromatic nitrogens is 1. The molecule has 0 saturated heterocycles. The predicted octanol–water partition coefficient (Wildman–Crippen LogP) is 2.84. The van der Waals surface area contributed by atoms with E-state index in [9.17, 15) is 4.79 Å². The van der Waals surface area contributed by atoms with Crippen molar-refractivity contribution in [2.24, 2.45) is 0 Å². The highest BCUT2D eigenvalue weighted by Crippen LogP contribution is 2.22. The van der Waals surface area contributed by atoms with Gasteiger partial charge in [0, 0.05) is 5.02 Å². The van der Waals surface area contributed by atoms with Crippen LogP contribution in [0.4, 0.5) is 0 Å². The van der Waals surface area contributed by atoms with Gasteiger partial charge < -0.3 is 10.2 Å². The van der Waals surface area contributed by atoms with Gasteiger partial charge in [-0.25, -0.2) is 4.98 Å². The summed E-state index contributed by atoms with van der Waals surface area (Å²) in [5.74, 6) is 0.00558. The molecule has 4 nitrogen and oxygen atoms in total. The normalized spacial score (nSPS) is 13.6. The van der Waals surface area contributed by atoms with E-state index in [0.29, 0.717) is 11.6 Å². The fourth-order valence-corrected chi connectivity index (χ4v) is 4.17. The lowest BCUT2D eigenvalue weighted by molar-refractivity contribution is -0.885. The summed E-state index contributed by atoms with van der Waals surface area (Å²) >= 11 is 7.88. The van der Waals surface area contributed by atoms with Crippen LogP contribution < -0.4 is 10.2 Å². The van der Waals surface area contributed by atoms with Crippen molar-refractivity contribution in [1.29, 1.82) is 0 Å². The highest BCUT2D eigenvalue weighted by atomic mass is 35.5. The molecule has 0 bridgehead atoms. The highest BCUT2D eigenvalue weighted by Gasteiger charge is 2.17. The van der Waals surface area contributed by atoms with Crippen LogP contribution in [0.3, 0.4) is 0 Å². The number of likely N-dealkylation sites (N-methyl/N-ethyl adjacent to an activating group) is 1. The van der Waals surface area contributed by atoms with E-state index < -0.39 is 0 Å². The smallest absolute Gasteiger partial charge is 0.275 e. The molecule has 2 atom stereocenters. The molecule has 3 aromatic rings. The quantitative estimate of drug-likeness (QED) is 0.697. The minimum absolute atomic E-state index is 0.00558. The van der Waals surface area contributed by atoms with Gasteiger partial charge in [-0.1, -0.05) is 41.9 Å². The van der Waals surface area contributed by atoms with Gasteiger partial charge in [-0.05, 0) is 30.7 Å². The minimum Gasteiger partial charge on any atom is -0.345 e. The summed E-state index contributed by atoms with van der Waals surface area (Å²) in [6, 6.07) is 15.6. The Bertz CT molecular complexity index is 847. The minimum atomic E-state index is -0.114. The molecule has 1 unspecified atom stereocenters. The van der Waals surface area contributed by atoms with Crippen LogP contribution in [0.1, 0.15) is 23.5 Å². The number of carbonyl (C=O) groups is 1. The molecule has 2 aromatic carbocycles. The van der Waals surface area contributed by atoms with E-state index in [2.05, 4.69) is 16.4 Å². The van der Waals surface area contributed by atoms with E-state index in [0.717, 1.165) is 27.5 Å². The van der Waals surface area contributed by atoms with Gasteiger partial charge in [0.25, 0.3) is 5.91 Å². The zero-order valence-corrected chi connectivity index (χ0v) is 15.8. The number of halogens is 1. The van der Waals surface area contributed by atoms with Crippen molar-refractivity contribution in [3.63, 3.8) is 0 Å². The molecule has 1 heterocycles. The molecule has 0 spiro atoms. The van der Waals surface area contributed by atoms with Gasteiger partial charge in [0.05, 0.1) is 23.3 Å². The van der Waals surface area contributed by atoms with E-state index in [1.54, 1.807) is 11.3 Å². The molecule has 0 fully saturated rings. The van der Waals surface area contributed by atoms with Crippen molar-refractivity contribution in [3.05, 3.63) is 64.1 Å². The molecule has 25 heavy (non-hydrogen) atoms. The number of para-hydroxylation sites is 1. The van der Waals surface area contributed by atoms with Crippen molar-refractivity contribution < 1.29 is 9.69 Å². The lowest BCUT2D eigenvalue weighted by Gasteiger charge is -2.17. The number of thiazole rings is 1. The second kappa shape index (κ2) is 7.95. The van der Waals surface area contributed by atoms with Gasteiger partial charge in [0.15, 0.2) is 6.54 Å². The SMILES string of the molecule is C[C@@H](NC(=O)C[NH+](C)Cc1nc2ccccc2s1)c1ccccc1Cl. The van der Waals surface area contributed by atoms with Crippen LogP contribution in [0.2, 0.25) is 5.02 Å². The number of hydrogen-bond donors (Lipinski definition) is 2. The second-order valence-electron chi connectivity index (χ2n) is 6.20. The zero-order valence-electron chi connectivity index (χ0n) is 14.3. The molecule has 0 aliphatic rings. The van der Waals surface area contributed by atoms with E-state index in [1.807, 2.05) is 56.4 Å². The molecular weight excluding hydrogens is 354 g/mol. The number of carbonyl (C=O) groups excluding carboxylic acids is 1. The van der Waals surface area contributed by atoms with E-state index in [4.69, 9.17) is 11.6 Å². The monoisotopic (exact) mass is 374 g/mol. The highest BCUT2D eigenvalue weighted by molar-refractivity contribution is 7.18. The van der Waals surface area contributed by atoms with E-state index in [-0.39, 0.29) is 11.9 Å². The number of benzene rings is 2. The first-order valence-electron chi connectivity index (χ1n) is 8.22. The Labute approximate surface area is 156 Å². The predicted molar refractivity (Wildman–Crippen MR) is 103 cm³/mol. The van der Waals surface area contributed by atoms with E-state index in [1.165, 1.54) is 4.70 Å². The summed E-state index contributed by atoms with van der Waals surface area (Å²) in [6.07, 6.45) is 0. The van der Waals surface area contributed by atoms with Crippen LogP contribution in [-0.4, -0.2) is 24.5 Å². The van der Waals surface area contributed by atoms with Crippen molar-refractivity contribution in [2.45, 2.75) is 19.5 Å². The molecule has 0 aliphatic carbocycles. The Balaban J connectivity index is 1.56. The Hall–Kier alpha value is -1.95. The van der Waals surface area contributed by atoms with Crippen LogP contribution in [0, 0.1) is 0 Å². The van der Waals surface area contributed by atoms with Crippen molar-refractivity contribution in [1.82, 2.24) is 10.3 Å². The fraction of sp³-hybridized carbons (Fsp3) is 0.263. The molecule has 1 amide bonds. The van der Waals surface area contributed by atoms with Crippen molar-refractivity contribution in [2.75, 3.05) is 13.6 Å². The summed E-state index contributed by atoms with van der Waals surface area (Å²) < 4.78 is 1.18.